The Hall–Kier alpha value is -0.220. The van der Waals surface area contributed by atoms with Gasteiger partial charge in [0.15, 0.2) is 0 Å². The van der Waals surface area contributed by atoms with Gasteiger partial charge in [0.05, 0.1) is 0 Å². The molecule has 0 bridgehead atoms. The number of unbranched alkanes of at least 4 members (excludes halogenated alkanes) is 4. The van der Waals surface area contributed by atoms with Crippen LogP contribution in [0.1, 0.15) is 84.6 Å². The zero-order valence-corrected chi connectivity index (χ0v) is 22.7. The molecule has 0 aromatic heterocycles. The predicted molar refractivity (Wildman–Crippen MR) is 139 cm³/mol. The number of hydrogen-bond donors (Lipinski definition) is 0. The summed E-state index contributed by atoms with van der Waals surface area (Å²) in [5.74, 6) is 0. The third-order valence-electron chi connectivity index (χ3n) is 5.90. The fourth-order valence-corrected chi connectivity index (χ4v) is 14.4. The van der Waals surface area contributed by atoms with Crippen molar-refractivity contribution in [3.8, 4) is 0 Å². The van der Waals surface area contributed by atoms with Crippen molar-refractivity contribution in [3.63, 3.8) is 0 Å². The zero-order valence-electron chi connectivity index (χ0n) is 19.4. The van der Waals surface area contributed by atoms with Crippen LogP contribution >= 0.6 is 22.8 Å². The Morgan fingerprint density at radius 2 is 1.33 bits per heavy atom. The number of halogens is 1. The van der Waals surface area contributed by atoms with E-state index in [1.54, 1.807) is 6.08 Å². The van der Waals surface area contributed by atoms with Crippen LogP contribution in [0.15, 0.2) is 34.1 Å². The predicted octanol–water partition coefficient (Wildman–Crippen LogP) is 8.43. The van der Waals surface area contributed by atoms with Crippen LogP contribution in [0, 0.1) is 0 Å². The number of rotatable bonds is 16. The molecule has 1 aromatic rings. The first-order valence-electron chi connectivity index (χ1n) is 11.6. The molecule has 0 aliphatic heterocycles. The Balaban J connectivity index is 3.36. The van der Waals surface area contributed by atoms with Crippen LogP contribution in [0.3, 0.4) is 0 Å². The fourth-order valence-electron chi connectivity index (χ4n) is 4.14. The van der Waals surface area contributed by atoms with Gasteiger partial charge in [-0.15, -0.1) is 0 Å². The van der Waals surface area contributed by atoms with Crippen molar-refractivity contribution in [3.05, 3.63) is 39.7 Å². The van der Waals surface area contributed by atoms with Gasteiger partial charge in [-0.25, -0.2) is 0 Å². The molecule has 1 aromatic carbocycles. The van der Waals surface area contributed by atoms with Crippen molar-refractivity contribution in [2.75, 3.05) is 24.6 Å². The van der Waals surface area contributed by atoms with E-state index in [1.807, 2.05) is 24.3 Å². The van der Waals surface area contributed by atoms with Crippen molar-refractivity contribution in [1.82, 2.24) is 0 Å². The molecule has 6 heteroatoms. The molecule has 0 radical (unpaired) electrons. The quantitative estimate of drug-likeness (QED) is 0.205. The number of hydrogen-bond acceptors (Lipinski definition) is 3. The van der Waals surface area contributed by atoms with Crippen LogP contribution in [0.2, 0.25) is 0 Å². The van der Waals surface area contributed by atoms with Crippen molar-refractivity contribution in [2.45, 2.75) is 79.1 Å². The van der Waals surface area contributed by atoms with Gasteiger partial charge in [-0.2, -0.15) is 0 Å². The maximum absolute atomic E-state index is 13.3. The van der Waals surface area contributed by atoms with E-state index in [0.29, 0.717) is 0 Å². The van der Waals surface area contributed by atoms with Crippen LogP contribution in [-0.4, -0.2) is 33.1 Å². The van der Waals surface area contributed by atoms with E-state index in [4.69, 9.17) is 3.97 Å². The van der Waals surface area contributed by atoms with E-state index >= 15 is 0 Å². The van der Waals surface area contributed by atoms with Crippen LogP contribution in [0.5, 0.6) is 0 Å². The number of benzene rings is 1. The standard InChI is InChI=1S/C24H42BrO3PS/c1-5-9-17-29(18-10-6-2,19-11-7-3,20-12-8-4)28-30(26,27)21-16-23-14-13-15-24(25)22-23/h13-16,21-22H,5-12,17-20H2,1-4H3. The molecular weight excluding hydrogens is 479 g/mol. The second-order valence-corrected chi connectivity index (χ2v) is 16.9. The molecular formula is C24H42BrO3PS. The van der Waals surface area contributed by atoms with Crippen molar-refractivity contribution < 1.29 is 12.4 Å². The van der Waals surface area contributed by atoms with Crippen LogP contribution in [0.4, 0.5) is 0 Å². The van der Waals surface area contributed by atoms with E-state index in [-0.39, 0.29) is 0 Å². The van der Waals surface area contributed by atoms with E-state index in [9.17, 15) is 8.42 Å². The minimum absolute atomic E-state index is 0.848. The summed E-state index contributed by atoms with van der Waals surface area (Å²) in [6.45, 7) is 5.89. The average Bonchev–Trinajstić information content (AvgIpc) is 2.72. The van der Waals surface area contributed by atoms with Crippen molar-refractivity contribution in [1.29, 1.82) is 0 Å². The Morgan fingerprint density at radius 3 is 1.73 bits per heavy atom. The SMILES string of the molecule is CCCCP(CCCC)(CCCC)(CCCC)OS(=O)(=O)C=Cc1cccc(Br)c1. The molecule has 1 rings (SSSR count). The van der Waals surface area contributed by atoms with E-state index in [1.165, 1.54) is 5.41 Å². The Kier molecular flexibility index (Phi) is 12.4. The first-order chi connectivity index (χ1) is 14.2. The van der Waals surface area contributed by atoms with Crippen molar-refractivity contribution >= 4 is 39.0 Å². The molecule has 174 valence electrons. The van der Waals surface area contributed by atoms with E-state index in [0.717, 1.165) is 86.1 Å². The molecule has 3 nitrogen and oxygen atoms in total. The molecule has 30 heavy (non-hydrogen) atoms. The molecule has 0 fully saturated rings. The molecule has 0 N–H and O–H groups in total. The van der Waals surface area contributed by atoms with Gasteiger partial charge in [0, 0.05) is 0 Å². The normalized spacial score (nSPS) is 14.1. The minimum atomic E-state index is -3.77. The first kappa shape index (κ1) is 27.8. The summed E-state index contributed by atoms with van der Waals surface area (Å²) in [4.78, 5) is 0. The summed E-state index contributed by atoms with van der Waals surface area (Å²) in [5, 5.41) is 1.28. The van der Waals surface area contributed by atoms with Gasteiger partial charge >= 0.3 is 195 Å². The second kappa shape index (κ2) is 13.4. The summed E-state index contributed by atoms with van der Waals surface area (Å²) < 4.78 is 34.0. The second-order valence-electron chi connectivity index (χ2n) is 8.59. The van der Waals surface area contributed by atoms with Gasteiger partial charge in [-0.05, 0) is 0 Å². The van der Waals surface area contributed by atoms with Gasteiger partial charge in [0.1, 0.15) is 0 Å². The molecule has 0 saturated carbocycles. The third kappa shape index (κ3) is 9.10. The Bertz CT molecular complexity index is 718. The van der Waals surface area contributed by atoms with Gasteiger partial charge < -0.3 is 0 Å². The Morgan fingerprint density at radius 1 is 0.867 bits per heavy atom. The van der Waals surface area contributed by atoms with E-state index in [2.05, 4.69) is 43.6 Å². The summed E-state index contributed by atoms with van der Waals surface area (Å²) in [6.07, 6.45) is 13.8. The molecule has 0 aliphatic rings. The van der Waals surface area contributed by atoms with Crippen LogP contribution in [0.25, 0.3) is 6.08 Å². The molecule has 0 aliphatic carbocycles. The van der Waals surface area contributed by atoms with Gasteiger partial charge in [0.2, 0.25) is 0 Å². The molecule has 0 heterocycles. The van der Waals surface area contributed by atoms with Crippen LogP contribution in [-0.2, 0) is 14.1 Å². The maximum atomic E-state index is 13.3. The molecule has 0 amide bonds. The summed E-state index contributed by atoms with van der Waals surface area (Å²) in [5.41, 5.74) is 0.848. The molecule has 0 atom stereocenters. The average molecular weight is 522 g/mol. The van der Waals surface area contributed by atoms with Crippen LogP contribution < -0.4 is 0 Å². The fraction of sp³-hybridized carbons (Fsp3) is 0.667. The summed E-state index contributed by atoms with van der Waals surface area (Å²) in [6, 6.07) is 7.65. The van der Waals surface area contributed by atoms with Crippen molar-refractivity contribution in [2.24, 2.45) is 0 Å². The zero-order chi connectivity index (χ0) is 22.5. The summed E-state index contributed by atoms with van der Waals surface area (Å²) >= 11 is 3.45. The Labute approximate surface area is 194 Å². The van der Waals surface area contributed by atoms with E-state index < -0.39 is 16.9 Å². The molecule has 0 unspecified atom stereocenters. The van der Waals surface area contributed by atoms with Gasteiger partial charge in [-0.3, -0.25) is 0 Å². The van der Waals surface area contributed by atoms with Gasteiger partial charge in [0.25, 0.3) is 0 Å². The third-order valence-corrected chi connectivity index (χ3v) is 15.2. The van der Waals surface area contributed by atoms with Gasteiger partial charge in [-0.1, -0.05) is 0 Å². The topological polar surface area (TPSA) is 43.4 Å². The summed E-state index contributed by atoms with van der Waals surface area (Å²) in [7, 11) is -3.77. The molecule has 0 spiro atoms. The monoisotopic (exact) mass is 520 g/mol. The first-order valence-corrected chi connectivity index (χ1v) is 16.8. The molecule has 0 saturated heterocycles.